The SMILES string of the molecule is CC(CCC(C)(C)C)NC(=O)N1CCC(C(O)C(F)(F)F)CC1. The van der Waals surface area contributed by atoms with E-state index < -0.39 is 18.2 Å². The van der Waals surface area contributed by atoms with Crippen LogP contribution in [0.3, 0.4) is 0 Å². The van der Waals surface area contributed by atoms with E-state index in [9.17, 15) is 23.1 Å². The molecule has 2 atom stereocenters. The van der Waals surface area contributed by atoms with Crippen LogP contribution in [0.4, 0.5) is 18.0 Å². The molecule has 1 aliphatic heterocycles. The zero-order valence-corrected chi connectivity index (χ0v) is 14.4. The Morgan fingerprint density at radius 2 is 1.78 bits per heavy atom. The molecule has 0 radical (unpaired) electrons. The van der Waals surface area contributed by atoms with Gasteiger partial charge in [0.25, 0.3) is 0 Å². The lowest BCUT2D eigenvalue weighted by Crippen LogP contribution is -2.49. The largest absolute Gasteiger partial charge is 0.414 e. The number of likely N-dealkylation sites (tertiary alicyclic amines) is 1. The fourth-order valence-corrected chi connectivity index (χ4v) is 2.71. The molecule has 4 nitrogen and oxygen atoms in total. The maximum absolute atomic E-state index is 12.5. The van der Waals surface area contributed by atoms with Crippen molar-refractivity contribution in [3.8, 4) is 0 Å². The van der Waals surface area contributed by atoms with Crippen molar-refractivity contribution in [1.29, 1.82) is 0 Å². The van der Waals surface area contributed by atoms with Gasteiger partial charge < -0.3 is 15.3 Å². The summed E-state index contributed by atoms with van der Waals surface area (Å²) < 4.78 is 37.5. The molecule has 1 fully saturated rings. The molecule has 0 bridgehead atoms. The Hall–Kier alpha value is -0.980. The topological polar surface area (TPSA) is 52.6 Å². The van der Waals surface area contributed by atoms with E-state index in [1.54, 1.807) is 0 Å². The third-order valence-corrected chi connectivity index (χ3v) is 4.31. The van der Waals surface area contributed by atoms with Gasteiger partial charge in [0.15, 0.2) is 6.10 Å². The highest BCUT2D eigenvalue weighted by Crippen LogP contribution is 2.31. The highest BCUT2D eigenvalue weighted by molar-refractivity contribution is 5.74. The maximum Gasteiger partial charge on any atom is 0.414 e. The lowest BCUT2D eigenvalue weighted by molar-refractivity contribution is -0.222. The van der Waals surface area contributed by atoms with Crippen molar-refractivity contribution in [2.45, 2.75) is 71.7 Å². The van der Waals surface area contributed by atoms with Gasteiger partial charge in [0.05, 0.1) is 0 Å². The van der Waals surface area contributed by atoms with Crippen LogP contribution in [0.25, 0.3) is 0 Å². The molecule has 2 unspecified atom stereocenters. The molecule has 1 heterocycles. The molecular formula is C16H29F3N2O2. The number of piperidine rings is 1. The maximum atomic E-state index is 12.5. The molecule has 2 N–H and O–H groups in total. The minimum Gasteiger partial charge on any atom is -0.383 e. The van der Waals surface area contributed by atoms with Crippen LogP contribution >= 0.6 is 0 Å². The van der Waals surface area contributed by atoms with E-state index in [2.05, 4.69) is 26.1 Å². The first-order valence-electron chi connectivity index (χ1n) is 8.20. The average molecular weight is 338 g/mol. The van der Waals surface area contributed by atoms with Gasteiger partial charge in [-0.05, 0) is 43.9 Å². The van der Waals surface area contributed by atoms with Gasteiger partial charge in [-0.1, -0.05) is 20.8 Å². The zero-order valence-electron chi connectivity index (χ0n) is 14.4. The van der Waals surface area contributed by atoms with Crippen LogP contribution in [0.1, 0.15) is 53.4 Å². The number of alkyl halides is 3. The number of halogens is 3. The number of nitrogens with zero attached hydrogens (tertiary/aromatic N) is 1. The summed E-state index contributed by atoms with van der Waals surface area (Å²) in [4.78, 5) is 13.7. The van der Waals surface area contributed by atoms with E-state index in [-0.39, 0.29) is 43.4 Å². The predicted molar refractivity (Wildman–Crippen MR) is 83.0 cm³/mol. The van der Waals surface area contributed by atoms with Crippen molar-refractivity contribution in [2.75, 3.05) is 13.1 Å². The molecule has 23 heavy (non-hydrogen) atoms. The minimum atomic E-state index is -4.59. The van der Waals surface area contributed by atoms with E-state index in [4.69, 9.17) is 0 Å². The summed E-state index contributed by atoms with van der Waals surface area (Å²) in [5, 5.41) is 12.2. The Morgan fingerprint density at radius 1 is 1.26 bits per heavy atom. The summed E-state index contributed by atoms with van der Waals surface area (Å²) in [7, 11) is 0. The molecule has 0 aliphatic carbocycles. The number of aliphatic hydroxyl groups is 1. The van der Waals surface area contributed by atoms with E-state index in [1.807, 2.05) is 6.92 Å². The van der Waals surface area contributed by atoms with Crippen LogP contribution in [0.2, 0.25) is 0 Å². The average Bonchev–Trinajstić information content (AvgIpc) is 2.42. The summed E-state index contributed by atoms with van der Waals surface area (Å²) in [5.74, 6) is -0.822. The van der Waals surface area contributed by atoms with Crippen LogP contribution in [-0.2, 0) is 0 Å². The number of rotatable bonds is 4. The normalized spacial score (nSPS) is 20.3. The van der Waals surface area contributed by atoms with Gasteiger partial charge in [0.2, 0.25) is 0 Å². The number of nitrogens with one attached hydrogen (secondary N) is 1. The second-order valence-corrected chi connectivity index (χ2v) is 7.76. The first-order valence-corrected chi connectivity index (χ1v) is 8.20. The third kappa shape index (κ3) is 6.97. The number of hydrogen-bond acceptors (Lipinski definition) is 2. The first kappa shape index (κ1) is 20.1. The molecule has 1 aliphatic rings. The van der Waals surface area contributed by atoms with Crippen molar-refractivity contribution in [1.82, 2.24) is 10.2 Å². The quantitative estimate of drug-likeness (QED) is 0.824. The summed E-state index contributed by atoms with van der Waals surface area (Å²) >= 11 is 0. The Morgan fingerprint density at radius 3 is 2.22 bits per heavy atom. The number of amides is 2. The lowest BCUT2D eigenvalue weighted by Gasteiger charge is -2.35. The van der Waals surface area contributed by atoms with E-state index in [0.717, 1.165) is 12.8 Å². The highest BCUT2D eigenvalue weighted by atomic mass is 19.4. The second-order valence-electron chi connectivity index (χ2n) is 7.76. The number of carbonyl (C=O) groups is 1. The molecule has 2 amide bonds. The second kappa shape index (κ2) is 7.73. The zero-order chi connectivity index (χ0) is 17.8. The molecular weight excluding hydrogens is 309 g/mol. The first-order chi connectivity index (χ1) is 10.4. The fourth-order valence-electron chi connectivity index (χ4n) is 2.71. The molecule has 1 rings (SSSR count). The monoisotopic (exact) mass is 338 g/mol. The van der Waals surface area contributed by atoms with Crippen LogP contribution in [0.5, 0.6) is 0 Å². The lowest BCUT2D eigenvalue weighted by atomic mass is 9.89. The molecule has 0 spiro atoms. The molecule has 0 aromatic heterocycles. The molecule has 0 aromatic carbocycles. The predicted octanol–water partition coefficient (Wildman–Crippen LogP) is 3.55. The van der Waals surface area contributed by atoms with E-state index in [1.165, 1.54) is 4.90 Å². The molecule has 7 heteroatoms. The van der Waals surface area contributed by atoms with Crippen LogP contribution in [0, 0.1) is 11.3 Å². The van der Waals surface area contributed by atoms with Crippen molar-refractivity contribution >= 4 is 6.03 Å². The van der Waals surface area contributed by atoms with Crippen LogP contribution in [0.15, 0.2) is 0 Å². The third-order valence-electron chi connectivity index (χ3n) is 4.31. The number of aliphatic hydroxyl groups excluding tert-OH is 1. The van der Waals surface area contributed by atoms with Crippen molar-refractivity contribution in [3.63, 3.8) is 0 Å². The molecule has 136 valence electrons. The Bertz CT molecular complexity index is 386. The Kier molecular flexibility index (Phi) is 6.74. The van der Waals surface area contributed by atoms with E-state index in [0.29, 0.717) is 0 Å². The van der Waals surface area contributed by atoms with E-state index >= 15 is 0 Å². The van der Waals surface area contributed by atoms with Gasteiger partial charge in [-0.3, -0.25) is 0 Å². The molecule has 1 saturated heterocycles. The van der Waals surface area contributed by atoms with Crippen LogP contribution in [-0.4, -0.2) is 47.4 Å². The number of urea groups is 1. The van der Waals surface area contributed by atoms with Gasteiger partial charge in [-0.2, -0.15) is 13.2 Å². The van der Waals surface area contributed by atoms with Crippen LogP contribution < -0.4 is 5.32 Å². The smallest absolute Gasteiger partial charge is 0.383 e. The highest BCUT2D eigenvalue weighted by Gasteiger charge is 2.44. The van der Waals surface area contributed by atoms with Gasteiger partial charge >= 0.3 is 12.2 Å². The number of carbonyl (C=O) groups excluding carboxylic acids is 1. The summed E-state index contributed by atoms with van der Waals surface area (Å²) in [6.07, 6.45) is -4.70. The van der Waals surface area contributed by atoms with Crippen molar-refractivity contribution in [3.05, 3.63) is 0 Å². The van der Waals surface area contributed by atoms with Crippen molar-refractivity contribution in [2.24, 2.45) is 11.3 Å². The number of hydrogen-bond donors (Lipinski definition) is 2. The Balaban J connectivity index is 2.38. The summed E-state index contributed by atoms with van der Waals surface area (Å²) in [5.41, 5.74) is 0.199. The van der Waals surface area contributed by atoms with Gasteiger partial charge in [0.1, 0.15) is 0 Å². The fraction of sp³-hybridized carbons (Fsp3) is 0.938. The van der Waals surface area contributed by atoms with Gasteiger partial charge in [-0.15, -0.1) is 0 Å². The van der Waals surface area contributed by atoms with Crippen molar-refractivity contribution < 1.29 is 23.1 Å². The van der Waals surface area contributed by atoms with Gasteiger partial charge in [0, 0.05) is 19.1 Å². The standard InChI is InChI=1S/C16H29F3N2O2/c1-11(5-8-15(2,3)4)20-14(23)21-9-6-12(7-10-21)13(22)16(17,18)19/h11-13,22H,5-10H2,1-4H3,(H,20,23). The molecule has 0 aromatic rings. The Labute approximate surface area is 136 Å². The summed E-state index contributed by atoms with van der Waals surface area (Å²) in [6, 6.07) is -0.202. The molecule has 0 saturated carbocycles. The summed E-state index contributed by atoms with van der Waals surface area (Å²) in [6.45, 7) is 8.84. The van der Waals surface area contributed by atoms with Gasteiger partial charge in [-0.25, -0.2) is 4.79 Å². The minimum absolute atomic E-state index is 0.0280.